The topological polar surface area (TPSA) is 43.8 Å². The number of carbonyl (C=O) groups is 1. The summed E-state index contributed by atoms with van der Waals surface area (Å²) in [4.78, 5) is 18.2. The third-order valence-electron chi connectivity index (χ3n) is 8.09. The van der Waals surface area contributed by atoms with Crippen LogP contribution in [0.1, 0.15) is 68.4 Å². The van der Waals surface area contributed by atoms with E-state index in [2.05, 4.69) is 40.1 Å². The molecular weight excluding hydrogens is 396 g/mol. The fraction of sp³-hybridized carbons (Fsp3) is 0.536. The van der Waals surface area contributed by atoms with E-state index >= 15 is 0 Å². The van der Waals surface area contributed by atoms with Crippen molar-refractivity contribution in [3.05, 3.63) is 65.7 Å². The van der Waals surface area contributed by atoms with Gasteiger partial charge in [0.1, 0.15) is 5.75 Å². The highest BCUT2D eigenvalue weighted by Crippen LogP contribution is 2.43. The average Bonchev–Trinajstić information content (AvgIpc) is 3.43. The lowest BCUT2D eigenvalue weighted by Crippen LogP contribution is -2.47. The smallest absolute Gasteiger partial charge is 0.226 e. The summed E-state index contributed by atoms with van der Waals surface area (Å²) in [7, 11) is 0. The Bertz CT molecular complexity index is 895. The van der Waals surface area contributed by atoms with Gasteiger partial charge in [0.15, 0.2) is 0 Å². The zero-order valence-electron chi connectivity index (χ0n) is 19.0. The highest BCUT2D eigenvalue weighted by molar-refractivity contribution is 5.79. The summed E-state index contributed by atoms with van der Waals surface area (Å²) < 4.78 is 0. The van der Waals surface area contributed by atoms with E-state index < -0.39 is 0 Å². The van der Waals surface area contributed by atoms with Crippen LogP contribution in [0.25, 0.3) is 0 Å². The van der Waals surface area contributed by atoms with Crippen molar-refractivity contribution in [1.29, 1.82) is 0 Å². The summed E-state index contributed by atoms with van der Waals surface area (Å²) in [5.74, 6) is 1.51. The number of piperidine rings is 1. The standard InChI is InChI=1S/C28H36N2O2/c31-27-12-6-11-23(19-27)24-17-25-13-14-26(18-24)30(25)16-15-29(20-21-7-2-1-3-8-21)28(32)22-9-4-5-10-22/h1-3,6-8,11-12,19,22,24-26,31H,4-5,9-10,13-18,20H2/t24-,25+,26-. The van der Waals surface area contributed by atoms with Crippen molar-refractivity contribution in [1.82, 2.24) is 9.80 Å². The number of hydrogen-bond donors (Lipinski definition) is 1. The highest BCUT2D eigenvalue weighted by atomic mass is 16.3. The summed E-state index contributed by atoms with van der Waals surface area (Å²) in [6, 6.07) is 19.5. The minimum Gasteiger partial charge on any atom is -0.508 e. The van der Waals surface area contributed by atoms with Crippen LogP contribution in [0.2, 0.25) is 0 Å². The van der Waals surface area contributed by atoms with Crippen LogP contribution in [-0.4, -0.2) is 46.0 Å². The number of hydrogen-bond acceptors (Lipinski definition) is 3. The molecule has 3 aliphatic rings. The Balaban J connectivity index is 1.24. The van der Waals surface area contributed by atoms with E-state index in [9.17, 15) is 9.90 Å². The molecule has 3 fully saturated rings. The van der Waals surface area contributed by atoms with E-state index in [-0.39, 0.29) is 5.92 Å². The number of nitrogens with zero attached hydrogens (tertiary/aromatic N) is 2. The molecule has 4 nitrogen and oxygen atoms in total. The fourth-order valence-electron chi connectivity index (χ4n) is 6.43. The molecule has 32 heavy (non-hydrogen) atoms. The highest BCUT2D eigenvalue weighted by Gasteiger charge is 2.41. The molecule has 1 amide bonds. The largest absolute Gasteiger partial charge is 0.508 e. The molecular formula is C28H36N2O2. The van der Waals surface area contributed by atoms with E-state index in [1.165, 1.54) is 36.8 Å². The van der Waals surface area contributed by atoms with Gasteiger partial charge in [0.05, 0.1) is 0 Å². The van der Waals surface area contributed by atoms with E-state index in [4.69, 9.17) is 0 Å². The maximum absolute atomic E-state index is 13.4. The van der Waals surface area contributed by atoms with Gasteiger partial charge in [-0.2, -0.15) is 0 Å². The number of phenolic OH excluding ortho intramolecular Hbond substituents is 1. The number of carbonyl (C=O) groups excluding carboxylic acids is 1. The predicted molar refractivity (Wildman–Crippen MR) is 127 cm³/mol. The molecule has 1 aliphatic carbocycles. The van der Waals surface area contributed by atoms with Gasteiger partial charge in [0.2, 0.25) is 5.91 Å². The van der Waals surface area contributed by atoms with E-state index in [1.807, 2.05) is 18.2 Å². The van der Waals surface area contributed by atoms with Gasteiger partial charge in [-0.1, -0.05) is 55.3 Å². The van der Waals surface area contributed by atoms with Gasteiger partial charge in [-0.15, -0.1) is 0 Å². The second-order valence-electron chi connectivity index (χ2n) is 10.1. The fourth-order valence-corrected chi connectivity index (χ4v) is 6.43. The molecule has 0 spiro atoms. The zero-order chi connectivity index (χ0) is 21.9. The first-order chi connectivity index (χ1) is 15.7. The molecule has 5 rings (SSSR count). The van der Waals surface area contributed by atoms with Gasteiger partial charge in [0, 0.05) is 37.6 Å². The van der Waals surface area contributed by atoms with Crippen molar-refractivity contribution in [2.24, 2.45) is 5.92 Å². The number of amides is 1. The monoisotopic (exact) mass is 432 g/mol. The van der Waals surface area contributed by atoms with Crippen LogP contribution < -0.4 is 0 Å². The van der Waals surface area contributed by atoms with Crippen LogP contribution in [0.4, 0.5) is 0 Å². The van der Waals surface area contributed by atoms with Crippen LogP contribution in [0.3, 0.4) is 0 Å². The second-order valence-corrected chi connectivity index (χ2v) is 10.1. The van der Waals surface area contributed by atoms with Crippen LogP contribution in [0.5, 0.6) is 5.75 Å². The Hall–Kier alpha value is -2.33. The summed E-state index contributed by atoms with van der Waals surface area (Å²) in [5, 5.41) is 9.90. The number of rotatable bonds is 7. The molecule has 170 valence electrons. The maximum atomic E-state index is 13.4. The maximum Gasteiger partial charge on any atom is 0.226 e. The van der Waals surface area contributed by atoms with Gasteiger partial charge in [0.25, 0.3) is 0 Å². The average molecular weight is 433 g/mol. The normalized spacial score (nSPS) is 25.8. The van der Waals surface area contributed by atoms with E-state index in [1.54, 1.807) is 6.07 Å². The molecule has 2 heterocycles. The van der Waals surface area contributed by atoms with Crippen LogP contribution in [0.15, 0.2) is 54.6 Å². The predicted octanol–water partition coefficient (Wildman–Crippen LogP) is 5.32. The Morgan fingerprint density at radius 1 is 0.938 bits per heavy atom. The molecule has 2 aromatic carbocycles. The Kier molecular flexibility index (Phi) is 6.49. The van der Waals surface area contributed by atoms with Gasteiger partial charge >= 0.3 is 0 Å². The molecule has 0 aromatic heterocycles. The van der Waals surface area contributed by atoms with Gasteiger partial charge < -0.3 is 10.0 Å². The molecule has 1 saturated carbocycles. The number of fused-ring (bicyclic) bond motifs is 2. The molecule has 1 N–H and O–H groups in total. The first-order valence-corrected chi connectivity index (χ1v) is 12.5. The van der Waals surface area contributed by atoms with E-state index in [0.29, 0.717) is 29.7 Å². The molecule has 2 saturated heterocycles. The SMILES string of the molecule is O=C(C1CCCC1)N(CCN1[C@@H]2CC[C@H]1C[C@@H](c1cccc(O)c1)C2)Cc1ccccc1. The molecule has 2 aromatic rings. The molecule has 2 bridgehead atoms. The van der Waals surface area contributed by atoms with Crippen molar-refractivity contribution in [2.75, 3.05) is 13.1 Å². The van der Waals surface area contributed by atoms with Crippen molar-refractivity contribution in [2.45, 2.75) is 75.9 Å². The quantitative estimate of drug-likeness (QED) is 0.644. The van der Waals surface area contributed by atoms with Crippen molar-refractivity contribution >= 4 is 5.91 Å². The number of benzene rings is 2. The Morgan fingerprint density at radius 3 is 2.34 bits per heavy atom. The lowest BCUT2D eigenvalue weighted by Gasteiger charge is -2.40. The second kappa shape index (κ2) is 9.66. The van der Waals surface area contributed by atoms with Gasteiger partial charge in [-0.3, -0.25) is 9.69 Å². The van der Waals surface area contributed by atoms with Crippen molar-refractivity contribution in [3.63, 3.8) is 0 Å². The summed E-state index contributed by atoms with van der Waals surface area (Å²) in [6.07, 6.45) is 9.36. The Morgan fingerprint density at radius 2 is 1.66 bits per heavy atom. The first kappa shape index (κ1) is 21.5. The van der Waals surface area contributed by atoms with Crippen molar-refractivity contribution < 1.29 is 9.90 Å². The van der Waals surface area contributed by atoms with Crippen molar-refractivity contribution in [3.8, 4) is 5.75 Å². The summed E-state index contributed by atoms with van der Waals surface area (Å²) in [6.45, 7) is 2.53. The first-order valence-electron chi connectivity index (χ1n) is 12.5. The third-order valence-corrected chi connectivity index (χ3v) is 8.09. The minimum atomic E-state index is 0.229. The third kappa shape index (κ3) is 4.71. The number of phenols is 1. The van der Waals surface area contributed by atoms with Gasteiger partial charge in [-0.25, -0.2) is 0 Å². The van der Waals surface area contributed by atoms with Crippen LogP contribution >= 0.6 is 0 Å². The minimum absolute atomic E-state index is 0.229. The lowest BCUT2D eigenvalue weighted by atomic mass is 9.85. The lowest BCUT2D eigenvalue weighted by molar-refractivity contribution is -0.136. The molecule has 2 aliphatic heterocycles. The van der Waals surface area contributed by atoms with E-state index in [0.717, 1.165) is 45.3 Å². The summed E-state index contributed by atoms with van der Waals surface area (Å²) >= 11 is 0. The Labute approximate surface area is 192 Å². The summed E-state index contributed by atoms with van der Waals surface area (Å²) in [5.41, 5.74) is 2.51. The zero-order valence-corrected chi connectivity index (χ0v) is 19.0. The van der Waals surface area contributed by atoms with Gasteiger partial charge in [-0.05, 0) is 67.7 Å². The molecule has 0 unspecified atom stereocenters. The number of aromatic hydroxyl groups is 1. The molecule has 0 radical (unpaired) electrons. The van der Waals surface area contributed by atoms with Crippen LogP contribution in [0, 0.1) is 5.92 Å². The molecule has 4 heteroatoms. The van der Waals surface area contributed by atoms with Crippen LogP contribution in [-0.2, 0) is 11.3 Å². The molecule has 3 atom stereocenters.